The highest BCUT2D eigenvalue weighted by Crippen LogP contribution is 2.22. The molecular weight excluding hydrogens is 508 g/mol. The van der Waals surface area contributed by atoms with Gasteiger partial charge in [0.1, 0.15) is 5.69 Å². The second-order valence-electron chi connectivity index (χ2n) is 9.32. The molecule has 4 rings (SSSR count). The average molecular weight is 541 g/mol. The number of para-hydroxylation sites is 1. The number of carbonyl (C=O) groups excluding carboxylic acids is 2. The van der Waals surface area contributed by atoms with Crippen molar-refractivity contribution in [1.29, 1.82) is 0 Å². The third-order valence-electron chi connectivity index (χ3n) is 6.73. The van der Waals surface area contributed by atoms with Gasteiger partial charge in [0.05, 0.1) is 21.8 Å². The molecule has 0 radical (unpaired) electrons. The molecule has 202 valence electrons. The summed E-state index contributed by atoms with van der Waals surface area (Å²) < 4.78 is 36.1. The number of benzene rings is 2. The van der Waals surface area contributed by atoms with Gasteiger partial charge in [-0.25, -0.2) is 17.9 Å². The number of nitrogens with one attached hydrogen (secondary N) is 1. The van der Waals surface area contributed by atoms with Gasteiger partial charge in [-0.2, -0.15) is 4.31 Å². The van der Waals surface area contributed by atoms with Crippen molar-refractivity contribution in [2.75, 3.05) is 18.4 Å². The highest BCUT2D eigenvalue weighted by molar-refractivity contribution is 7.89. The second-order valence-corrected chi connectivity index (χ2v) is 11.3. The molecule has 10 nitrogen and oxygen atoms in total. The van der Waals surface area contributed by atoms with Crippen LogP contribution in [0.15, 0.2) is 64.3 Å². The maximum absolute atomic E-state index is 13.1. The van der Waals surface area contributed by atoms with Crippen LogP contribution in [0.5, 0.6) is 0 Å². The average Bonchev–Trinajstić information content (AvgIpc) is 3.12. The number of rotatable bonds is 7. The largest absolute Gasteiger partial charge is 0.449 e. The molecule has 2 heterocycles. The molecule has 1 fully saturated rings. The quantitative estimate of drug-likeness (QED) is 0.460. The Morgan fingerprint density at radius 2 is 1.63 bits per heavy atom. The van der Waals surface area contributed by atoms with Crippen molar-refractivity contribution < 1.29 is 22.7 Å². The molecule has 0 bridgehead atoms. The predicted molar refractivity (Wildman–Crippen MR) is 143 cm³/mol. The molecule has 1 aliphatic rings. The van der Waals surface area contributed by atoms with E-state index in [2.05, 4.69) is 5.32 Å². The van der Waals surface area contributed by atoms with Gasteiger partial charge in [-0.15, -0.1) is 0 Å². The molecule has 38 heavy (non-hydrogen) atoms. The minimum Gasteiger partial charge on any atom is -0.449 e. The summed E-state index contributed by atoms with van der Waals surface area (Å²) in [4.78, 5) is 38.7. The maximum Gasteiger partial charge on any atom is 0.338 e. The first-order chi connectivity index (χ1) is 18.1. The van der Waals surface area contributed by atoms with Crippen molar-refractivity contribution in [3.63, 3.8) is 0 Å². The molecule has 11 heteroatoms. The smallest absolute Gasteiger partial charge is 0.338 e. The van der Waals surface area contributed by atoms with E-state index in [0.29, 0.717) is 24.5 Å². The lowest BCUT2D eigenvalue weighted by atomic mass is 10.2. The third kappa shape index (κ3) is 5.58. The van der Waals surface area contributed by atoms with E-state index in [4.69, 9.17) is 4.74 Å². The van der Waals surface area contributed by atoms with Gasteiger partial charge in [-0.05, 0) is 57.0 Å². The Morgan fingerprint density at radius 3 is 2.29 bits per heavy atom. The van der Waals surface area contributed by atoms with Crippen LogP contribution in [0.4, 0.5) is 5.69 Å². The number of ether oxygens (including phenoxy) is 1. The first-order valence-corrected chi connectivity index (χ1v) is 14.0. The van der Waals surface area contributed by atoms with E-state index in [-0.39, 0.29) is 16.1 Å². The molecule has 0 aliphatic carbocycles. The molecule has 1 amide bonds. The van der Waals surface area contributed by atoms with Gasteiger partial charge in [0.15, 0.2) is 6.10 Å². The molecule has 0 spiro atoms. The van der Waals surface area contributed by atoms with Crippen molar-refractivity contribution in [2.45, 2.75) is 50.5 Å². The van der Waals surface area contributed by atoms with Crippen molar-refractivity contribution >= 4 is 27.6 Å². The summed E-state index contributed by atoms with van der Waals surface area (Å²) in [5.74, 6) is -1.52. The van der Waals surface area contributed by atoms with Gasteiger partial charge >= 0.3 is 5.97 Å². The van der Waals surface area contributed by atoms with Gasteiger partial charge in [-0.1, -0.05) is 37.1 Å². The fourth-order valence-electron chi connectivity index (χ4n) is 4.43. The van der Waals surface area contributed by atoms with Crippen molar-refractivity contribution in [3.8, 4) is 5.69 Å². The summed E-state index contributed by atoms with van der Waals surface area (Å²) in [5, 5.41) is 2.58. The highest BCUT2D eigenvalue weighted by Gasteiger charge is 2.27. The van der Waals surface area contributed by atoms with Crippen molar-refractivity contribution in [2.24, 2.45) is 7.05 Å². The van der Waals surface area contributed by atoms with Gasteiger partial charge in [-0.3, -0.25) is 14.3 Å². The lowest BCUT2D eigenvalue weighted by Gasteiger charge is -2.20. The number of amides is 1. The van der Waals surface area contributed by atoms with E-state index >= 15 is 0 Å². The number of sulfonamides is 1. The number of nitrogens with zero attached hydrogens (tertiary/aromatic N) is 3. The Balaban J connectivity index is 1.48. The summed E-state index contributed by atoms with van der Waals surface area (Å²) >= 11 is 0. The van der Waals surface area contributed by atoms with Crippen LogP contribution in [0.25, 0.3) is 5.69 Å². The van der Waals surface area contributed by atoms with Crippen molar-refractivity contribution in [3.05, 3.63) is 76.2 Å². The number of hydrogen-bond acceptors (Lipinski definition) is 6. The van der Waals surface area contributed by atoms with E-state index in [1.807, 2.05) is 6.07 Å². The molecule has 1 atom stereocenters. The normalized spacial score (nSPS) is 15.4. The molecule has 3 aromatic rings. The minimum atomic E-state index is -3.75. The summed E-state index contributed by atoms with van der Waals surface area (Å²) in [6.45, 7) is 3.97. The molecule has 2 aromatic carbocycles. The fourth-order valence-corrected chi connectivity index (χ4v) is 6.00. The van der Waals surface area contributed by atoms with Crippen LogP contribution in [-0.2, 0) is 26.6 Å². The first kappa shape index (κ1) is 27.3. The lowest BCUT2D eigenvalue weighted by molar-refractivity contribution is -0.123. The van der Waals surface area contributed by atoms with Gasteiger partial charge in [0, 0.05) is 20.1 Å². The molecule has 0 saturated carbocycles. The Labute approximate surface area is 221 Å². The number of carbonyl (C=O) groups is 2. The predicted octanol–water partition coefficient (Wildman–Crippen LogP) is 3.23. The van der Waals surface area contributed by atoms with E-state index in [0.717, 1.165) is 25.7 Å². The Bertz CT molecular complexity index is 1490. The van der Waals surface area contributed by atoms with E-state index < -0.39 is 33.6 Å². The molecular formula is C27H32N4O6S. The molecule has 1 saturated heterocycles. The number of esters is 1. The third-order valence-corrected chi connectivity index (χ3v) is 8.62. The maximum atomic E-state index is 13.1. The van der Waals surface area contributed by atoms with E-state index in [1.165, 1.54) is 40.2 Å². The number of hydrogen-bond donors (Lipinski definition) is 1. The zero-order valence-electron chi connectivity index (χ0n) is 21.7. The van der Waals surface area contributed by atoms with E-state index in [1.54, 1.807) is 42.9 Å². The topological polar surface area (TPSA) is 120 Å². The lowest BCUT2D eigenvalue weighted by Crippen LogP contribution is -2.33. The van der Waals surface area contributed by atoms with Crippen LogP contribution in [0.1, 0.15) is 48.7 Å². The van der Waals surface area contributed by atoms with Crippen LogP contribution >= 0.6 is 0 Å². The standard InChI is InChI=1S/C27H32N4O6S/c1-19-24(26(33)31(29(19)3)22-13-7-6-8-14-22)28-25(32)20(2)37-27(34)21-12-11-15-23(18-21)38(35,36)30-16-9-4-5-10-17-30/h6-8,11-15,18,20H,4-5,9-10,16-17H2,1-3H3,(H,28,32). The SMILES string of the molecule is Cc1c(NC(=O)C(C)OC(=O)c2cccc(S(=O)(=O)N3CCCCCC3)c2)c(=O)n(-c2ccccc2)n1C. The Hall–Kier alpha value is -3.70. The van der Waals surface area contributed by atoms with Gasteiger partial charge in [0.2, 0.25) is 10.0 Å². The van der Waals surface area contributed by atoms with Crippen LogP contribution < -0.4 is 10.9 Å². The summed E-state index contributed by atoms with van der Waals surface area (Å²) in [7, 11) is -2.05. The minimum absolute atomic E-state index is 0.00679. The van der Waals surface area contributed by atoms with Crippen LogP contribution in [0.3, 0.4) is 0 Å². The summed E-state index contributed by atoms with van der Waals surface area (Å²) in [6, 6.07) is 14.6. The van der Waals surface area contributed by atoms with Crippen LogP contribution in [-0.4, -0.2) is 53.2 Å². The molecule has 1 unspecified atom stereocenters. The van der Waals surface area contributed by atoms with Crippen molar-refractivity contribution in [1.82, 2.24) is 13.7 Å². The zero-order chi connectivity index (χ0) is 27.4. The summed E-state index contributed by atoms with van der Waals surface area (Å²) in [6.07, 6.45) is 2.33. The van der Waals surface area contributed by atoms with Crippen LogP contribution in [0, 0.1) is 6.92 Å². The molecule has 1 aromatic heterocycles. The van der Waals surface area contributed by atoms with Crippen LogP contribution in [0.2, 0.25) is 0 Å². The van der Waals surface area contributed by atoms with Gasteiger partial charge < -0.3 is 10.1 Å². The summed E-state index contributed by atoms with van der Waals surface area (Å²) in [5.41, 5.74) is 0.836. The Kier molecular flexibility index (Phi) is 8.17. The highest BCUT2D eigenvalue weighted by atomic mass is 32.2. The monoisotopic (exact) mass is 540 g/mol. The number of anilines is 1. The zero-order valence-corrected chi connectivity index (χ0v) is 22.5. The van der Waals surface area contributed by atoms with Gasteiger partial charge in [0.25, 0.3) is 11.5 Å². The molecule has 1 aliphatic heterocycles. The van der Waals surface area contributed by atoms with E-state index in [9.17, 15) is 22.8 Å². The fraction of sp³-hybridized carbons (Fsp3) is 0.370. The number of aromatic nitrogens is 2. The molecule has 1 N–H and O–H groups in total. The Morgan fingerprint density at radius 1 is 0.974 bits per heavy atom. The first-order valence-electron chi connectivity index (χ1n) is 12.6. The second kappa shape index (κ2) is 11.4.